The van der Waals surface area contributed by atoms with Crippen molar-refractivity contribution in [2.75, 3.05) is 0 Å². The molecule has 2 atom stereocenters. The summed E-state index contributed by atoms with van der Waals surface area (Å²) in [6, 6.07) is 0. The molecule has 0 amide bonds. The number of rotatable bonds is 2. The first-order chi connectivity index (χ1) is 2.91. The maximum absolute atomic E-state index is 7.96. The maximum Gasteiger partial charge on any atom is 0.174 e. The van der Waals surface area contributed by atoms with Crippen LogP contribution in [0.1, 0.15) is 0 Å². The van der Waals surface area contributed by atoms with Gasteiger partial charge in [-0.2, -0.15) is 0 Å². The summed E-state index contributed by atoms with van der Waals surface area (Å²) in [6.07, 6.45) is 0. The van der Waals surface area contributed by atoms with E-state index in [1.54, 1.807) is 0 Å². The Bertz CT molecular complexity index is 44.1. The monoisotopic (exact) mass is 142 g/mol. The summed E-state index contributed by atoms with van der Waals surface area (Å²) < 4.78 is 3.51. The first-order valence-electron chi connectivity index (χ1n) is 1.16. The molecule has 2 N–H and O–H groups in total. The Labute approximate surface area is 42.0 Å². The fourth-order valence-electron chi connectivity index (χ4n) is 0.0512. The van der Waals surface area contributed by atoms with Gasteiger partial charge >= 0.3 is 0 Å². The lowest BCUT2D eigenvalue weighted by molar-refractivity contribution is 0.656. The predicted molar refractivity (Wildman–Crippen MR) is 32.7 cm³/mol. The molecule has 6 heteroatoms. The summed E-state index contributed by atoms with van der Waals surface area (Å²) >= 11 is 0. The molecule has 2 unspecified atom stereocenters. The first kappa shape index (κ1) is 6.88. The highest BCUT2D eigenvalue weighted by Gasteiger charge is 1.63. The SMILES string of the molecule is OP=NPNP. The highest BCUT2D eigenvalue weighted by atomic mass is 31.1. The van der Waals surface area contributed by atoms with Crippen LogP contribution in [0.15, 0.2) is 4.52 Å². The zero-order valence-corrected chi connectivity index (χ0v) is 5.97. The second-order valence-corrected chi connectivity index (χ2v) is 2.80. The van der Waals surface area contributed by atoms with Gasteiger partial charge in [-0.25, -0.2) is 4.52 Å². The Morgan fingerprint density at radius 3 is 2.83 bits per heavy atom. The van der Waals surface area contributed by atoms with Crippen LogP contribution in [0.3, 0.4) is 0 Å². The minimum Gasteiger partial charge on any atom is -0.327 e. The molecule has 0 radical (unpaired) electrons. The number of nitrogens with one attached hydrogen (secondary N) is 1. The van der Waals surface area contributed by atoms with Crippen LogP contribution in [0.5, 0.6) is 0 Å². The fraction of sp³-hybridized carbons (Fsp3) is 0. The molecular weight excluding hydrogens is 137 g/mol. The highest BCUT2D eigenvalue weighted by Crippen LogP contribution is 2.11. The summed E-state index contributed by atoms with van der Waals surface area (Å²) in [5, 5.41) is 0. The van der Waals surface area contributed by atoms with Crippen molar-refractivity contribution in [3.8, 4) is 0 Å². The normalized spacial score (nSPS) is 12.3. The quantitative estimate of drug-likeness (QED) is 0.562. The van der Waals surface area contributed by atoms with Crippen LogP contribution in [0.25, 0.3) is 0 Å². The lowest BCUT2D eigenvalue weighted by Crippen LogP contribution is -1.65. The van der Waals surface area contributed by atoms with Crippen molar-refractivity contribution in [2.24, 2.45) is 4.52 Å². The topological polar surface area (TPSA) is 44.6 Å². The van der Waals surface area contributed by atoms with Crippen molar-refractivity contribution in [2.45, 2.75) is 0 Å². The summed E-state index contributed by atoms with van der Waals surface area (Å²) in [5.74, 6) is 0. The number of nitrogens with zero attached hydrogens (tertiary/aromatic N) is 1. The van der Waals surface area contributed by atoms with E-state index in [1.807, 2.05) is 0 Å². The van der Waals surface area contributed by atoms with E-state index in [9.17, 15) is 0 Å². The van der Waals surface area contributed by atoms with Crippen molar-refractivity contribution in [1.82, 2.24) is 4.86 Å². The largest absolute Gasteiger partial charge is 0.327 e. The van der Waals surface area contributed by atoms with E-state index >= 15 is 0 Å². The van der Waals surface area contributed by atoms with Crippen molar-refractivity contribution < 1.29 is 4.89 Å². The summed E-state index contributed by atoms with van der Waals surface area (Å²) in [7, 11) is 2.68. The van der Waals surface area contributed by atoms with Crippen molar-refractivity contribution in [3.63, 3.8) is 0 Å². The van der Waals surface area contributed by atoms with E-state index < -0.39 is 0 Å². The van der Waals surface area contributed by atoms with Crippen LogP contribution in [0.2, 0.25) is 0 Å². The summed E-state index contributed by atoms with van der Waals surface area (Å²) in [4.78, 5) is 10.6. The van der Waals surface area contributed by atoms with Gasteiger partial charge in [-0.05, 0) is 0 Å². The Morgan fingerprint density at radius 1 is 2.00 bits per heavy atom. The van der Waals surface area contributed by atoms with Gasteiger partial charge in [-0.15, -0.1) is 0 Å². The molecule has 0 aliphatic carbocycles. The van der Waals surface area contributed by atoms with Crippen molar-refractivity contribution in [1.29, 1.82) is 0 Å². The van der Waals surface area contributed by atoms with Crippen molar-refractivity contribution >= 4 is 26.9 Å². The first-order valence-corrected chi connectivity index (χ1v) is 3.49. The van der Waals surface area contributed by atoms with E-state index in [2.05, 4.69) is 18.8 Å². The van der Waals surface area contributed by atoms with Crippen LogP contribution in [0.4, 0.5) is 0 Å². The molecule has 0 saturated carbocycles. The van der Waals surface area contributed by atoms with Crippen LogP contribution < -0.4 is 4.86 Å². The molecule has 0 bridgehead atoms. The van der Waals surface area contributed by atoms with E-state index in [0.717, 1.165) is 0 Å². The Hall–Kier alpha value is 0.880. The molecule has 0 aromatic carbocycles. The van der Waals surface area contributed by atoms with Gasteiger partial charge in [0.05, 0.1) is 8.88 Å². The molecule has 0 rings (SSSR count). The molecule has 0 aromatic heterocycles. The van der Waals surface area contributed by atoms with Gasteiger partial charge in [0.25, 0.3) is 0 Å². The van der Waals surface area contributed by atoms with Gasteiger partial charge in [0.1, 0.15) is 0 Å². The minimum absolute atomic E-state index is 0.107. The molecule has 0 heterocycles. The minimum atomic E-state index is 0.107. The van der Waals surface area contributed by atoms with E-state index in [4.69, 9.17) is 4.89 Å². The third-order valence-corrected chi connectivity index (χ3v) is 1.43. The van der Waals surface area contributed by atoms with Crippen LogP contribution in [-0.2, 0) is 0 Å². The molecule has 0 saturated heterocycles. The molecule has 6 heavy (non-hydrogen) atoms. The van der Waals surface area contributed by atoms with Crippen LogP contribution >= 0.6 is 26.9 Å². The molecule has 0 aliphatic heterocycles. The molecule has 3 nitrogen and oxygen atoms in total. The predicted octanol–water partition coefficient (Wildman–Crippen LogP) is 0.912. The van der Waals surface area contributed by atoms with E-state index in [0.29, 0.717) is 8.88 Å². The second kappa shape index (κ2) is 5.88. The third kappa shape index (κ3) is 4.88. The molecule has 0 spiro atoms. The van der Waals surface area contributed by atoms with Gasteiger partial charge in [0.2, 0.25) is 0 Å². The Morgan fingerprint density at radius 2 is 2.67 bits per heavy atom. The number of hydrogen-bond acceptors (Lipinski definition) is 2. The average Bonchev–Trinajstić information content (AvgIpc) is 1.61. The van der Waals surface area contributed by atoms with E-state index in [-0.39, 0.29) is 8.60 Å². The van der Waals surface area contributed by atoms with Gasteiger partial charge in [0.15, 0.2) is 8.60 Å². The van der Waals surface area contributed by atoms with Gasteiger partial charge in [-0.1, -0.05) is 9.39 Å². The molecule has 0 aromatic rings. The standard InChI is InChI=1S/H5N2OP3/c3-6-2-5-1-4/h1,5H,4H2,(H,2,3). The van der Waals surface area contributed by atoms with Crippen LogP contribution in [-0.4, -0.2) is 4.89 Å². The molecule has 0 fully saturated rings. The smallest absolute Gasteiger partial charge is 0.174 e. The van der Waals surface area contributed by atoms with Crippen LogP contribution in [0, 0.1) is 0 Å². The van der Waals surface area contributed by atoms with Gasteiger partial charge in [0, 0.05) is 0 Å². The number of hydrogen-bond donors (Lipinski definition) is 2. The lowest BCUT2D eigenvalue weighted by atomic mass is 13.8. The Kier molecular flexibility index (Phi) is 6.74. The zero-order chi connectivity index (χ0) is 4.83. The second-order valence-electron chi connectivity index (χ2n) is 0.446. The maximum atomic E-state index is 7.96. The zero-order valence-electron chi connectivity index (χ0n) is 2.92. The summed E-state index contributed by atoms with van der Waals surface area (Å²) in [6.45, 7) is 0. The highest BCUT2D eigenvalue weighted by molar-refractivity contribution is 7.47. The van der Waals surface area contributed by atoms with Gasteiger partial charge in [-0.3, -0.25) is 4.86 Å². The fourth-order valence-corrected chi connectivity index (χ4v) is 0.981. The van der Waals surface area contributed by atoms with Crippen molar-refractivity contribution in [3.05, 3.63) is 0 Å². The summed E-state index contributed by atoms with van der Waals surface area (Å²) in [5.41, 5.74) is 0. The third-order valence-electron chi connectivity index (χ3n) is 0.159. The molecule has 36 valence electrons. The molecular formula is H5N2OP3. The van der Waals surface area contributed by atoms with E-state index in [1.165, 1.54) is 0 Å². The molecule has 0 aliphatic rings. The lowest BCUT2D eigenvalue weighted by Gasteiger charge is -1.79. The Balaban J connectivity index is 2.66. The average molecular weight is 142 g/mol. The van der Waals surface area contributed by atoms with Gasteiger partial charge < -0.3 is 4.89 Å².